The zero-order chi connectivity index (χ0) is 58.7. The highest BCUT2D eigenvalue weighted by molar-refractivity contribution is 5.73. The largest absolute Gasteiger partial charge is 0.479 e. The minimum atomic E-state index is -2.22. The van der Waals surface area contributed by atoms with Gasteiger partial charge in [-0.1, -0.05) is 60.1 Å². The van der Waals surface area contributed by atoms with Crippen LogP contribution in [0.25, 0.3) is 0 Å². The first-order chi connectivity index (χ1) is 37.4. The standard InChI is InChI=1S/C55H88O25/c1-22(59)73-32-17-50(2,3)15-24-23-9-10-29-52(6)13-12-31(51(4,5)28(52)11-14-53(29,7)54(23,8)16-30(61)55(24,32)21-58)76-49-44(80-47-39(68)37(66)35(64)27(19-57)75-47)41(40(69)42(78-49)45(70)71)77-48-43(33(62)25(60)20-72-48)79-46-38(67)36(65)34(63)26(18-56)74-46/h9,24-44,46-49,56-58,60-69H,10-21H2,1-8H3,(H,70,71)/t24-,25+,26+,27+,28-,29+,30+,31-,32-,33-,34+,35-,36-,37-,38+,39+,40-,41-,42-,43+,44+,46-,47-,48-,49+,52-,53+,54+,55-/m0/s1. The van der Waals surface area contributed by atoms with Crippen molar-refractivity contribution in [3.8, 4) is 0 Å². The molecular formula is C55H88O25. The van der Waals surface area contributed by atoms with Crippen LogP contribution in [0.4, 0.5) is 0 Å². The van der Waals surface area contributed by atoms with E-state index in [1.165, 1.54) is 12.5 Å². The molecule has 0 aromatic carbocycles. The third-order valence-corrected chi connectivity index (χ3v) is 21.4. The Hall–Kier alpha value is -2.16. The maximum atomic E-state index is 13.1. The lowest BCUT2D eigenvalue weighted by molar-refractivity contribution is -0.401. The molecule has 0 bridgehead atoms. The van der Waals surface area contributed by atoms with Crippen LogP contribution in [-0.4, -0.2) is 245 Å². The van der Waals surface area contributed by atoms with E-state index in [1.54, 1.807) is 0 Å². The van der Waals surface area contributed by atoms with Gasteiger partial charge in [-0.05, 0) is 96.2 Å². The van der Waals surface area contributed by atoms with Crippen LogP contribution in [-0.2, 0) is 52.2 Å². The topological polar surface area (TPSA) is 400 Å². The molecule has 4 heterocycles. The number of carbonyl (C=O) groups is 2. The van der Waals surface area contributed by atoms with Gasteiger partial charge in [0.1, 0.15) is 91.6 Å². The van der Waals surface area contributed by atoms with Gasteiger partial charge in [-0.15, -0.1) is 0 Å². The van der Waals surface area contributed by atoms with E-state index < -0.39 is 183 Å². The first-order valence-electron chi connectivity index (χ1n) is 28.3. The Morgan fingerprint density at radius 1 is 0.613 bits per heavy atom. The van der Waals surface area contributed by atoms with Crippen LogP contribution < -0.4 is 0 Å². The molecule has 4 saturated heterocycles. The second-order valence-corrected chi connectivity index (χ2v) is 26.7. The molecule has 25 nitrogen and oxygen atoms in total. The Kier molecular flexibility index (Phi) is 17.6. The number of allylic oxidation sites excluding steroid dienone is 2. The Morgan fingerprint density at radius 2 is 1.20 bits per heavy atom. The summed E-state index contributed by atoms with van der Waals surface area (Å²) in [6.45, 7) is 13.9. The van der Waals surface area contributed by atoms with Crippen LogP contribution in [0, 0.1) is 50.2 Å². The second-order valence-electron chi connectivity index (χ2n) is 26.7. The molecular weight excluding hydrogens is 1060 g/mol. The number of esters is 1. The average molecular weight is 1150 g/mol. The lowest BCUT2D eigenvalue weighted by atomic mass is 9.33. The molecule has 25 heteroatoms. The van der Waals surface area contributed by atoms with Crippen molar-refractivity contribution in [3.05, 3.63) is 11.6 Å². The predicted molar refractivity (Wildman–Crippen MR) is 270 cm³/mol. The molecule has 9 aliphatic rings. The Labute approximate surface area is 464 Å². The van der Waals surface area contributed by atoms with Crippen LogP contribution in [0.2, 0.25) is 0 Å². The number of carboxylic acids is 1. The smallest absolute Gasteiger partial charge is 0.335 e. The lowest BCUT2D eigenvalue weighted by Crippen LogP contribution is -2.70. The maximum absolute atomic E-state index is 13.1. The summed E-state index contributed by atoms with van der Waals surface area (Å²) in [5, 5.41) is 153. The molecule has 0 radical (unpaired) electrons. The van der Waals surface area contributed by atoms with Gasteiger partial charge in [0.05, 0.1) is 44.1 Å². The minimum absolute atomic E-state index is 0.0671. The van der Waals surface area contributed by atoms with E-state index in [1.807, 2.05) is 13.8 Å². The van der Waals surface area contributed by atoms with Gasteiger partial charge < -0.3 is 114 Å². The maximum Gasteiger partial charge on any atom is 0.335 e. The first-order valence-corrected chi connectivity index (χ1v) is 28.3. The number of hydrogen-bond acceptors (Lipinski definition) is 24. The van der Waals surface area contributed by atoms with Crippen molar-refractivity contribution in [1.82, 2.24) is 0 Å². The van der Waals surface area contributed by atoms with Crippen LogP contribution in [0.3, 0.4) is 0 Å². The van der Waals surface area contributed by atoms with Crippen LogP contribution in [0.5, 0.6) is 0 Å². The molecule has 0 aromatic heterocycles. The zero-order valence-corrected chi connectivity index (χ0v) is 46.7. The van der Waals surface area contributed by atoms with E-state index in [4.69, 9.17) is 42.6 Å². The third kappa shape index (κ3) is 10.1. The van der Waals surface area contributed by atoms with E-state index in [-0.39, 0.29) is 40.6 Å². The van der Waals surface area contributed by atoms with Crippen molar-refractivity contribution in [2.75, 3.05) is 26.4 Å². The molecule has 80 heavy (non-hydrogen) atoms. The Balaban J connectivity index is 1.04. The number of fused-ring (bicyclic) bond motifs is 7. The van der Waals surface area contributed by atoms with Crippen LogP contribution in [0.1, 0.15) is 107 Å². The fourth-order valence-corrected chi connectivity index (χ4v) is 16.9. The molecule has 0 unspecified atom stereocenters. The van der Waals surface area contributed by atoms with E-state index in [9.17, 15) is 81.1 Å². The summed E-state index contributed by atoms with van der Waals surface area (Å²) in [4.78, 5) is 25.7. The summed E-state index contributed by atoms with van der Waals surface area (Å²) in [5.74, 6) is -2.43. The number of hydrogen-bond donors (Lipinski definition) is 14. The molecule has 4 saturated carbocycles. The summed E-state index contributed by atoms with van der Waals surface area (Å²) >= 11 is 0. The van der Waals surface area contributed by atoms with Crippen molar-refractivity contribution in [3.63, 3.8) is 0 Å². The van der Waals surface area contributed by atoms with Crippen LogP contribution in [0.15, 0.2) is 11.6 Å². The van der Waals surface area contributed by atoms with Gasteiger partial charge in [-0.3, -0.25) is 4.79 Å². The van der Waals surface area contributed by atoms with Crippen molar-refractivity contribution < 1.29 is 124 Å². The summed E-state index contributed by atoms with van der Waals surface area (Å²) in [6, 6.07) is 0. The molecule has 458 valence electrons. The summed E-state index contributed by atoms with van der Waals surface area (Å²) in [7, 11) is 0. The molecule has 0 amide bonds. The number of rotatable bonds is 13. The van der Waals surface area contributed by atoms with Gasteiger partial charge in [0.2, 0.25) is 0 Å². The highest BCUT2D eigenvalue weighted by Crippen LogP contribution is 2.76. The molecule has 4 aliphatic heterocycles. The highest BCUT2D eigenvalue weighted by Gasteiger charge is 2.72. The number of carboxylic acid groups (broad SMARTS) is 1. The summed E-state index contributed by atoms with van der Waals surface area (Å²) < 4.78 is 54.6. The van der Waals surface area contributed by atoms with E-state index in [0.29, 0.717) is 44.9 Å². The summed E-state index contributed by atoms with van der Waals surface area (Å²) in [5.41, 5.74) is -2.19. The van der Waals surface area contributed by atoms with Crippen molar-refractivity contribution in [2.24, 2.45) is 50.2 Å². The molecule has 8 fully saturated rings. The summed E-state index contributed by atoms with van der Waals surface area (Å²) in [6.07, 6.45) is -31.6. The fraction of sp³-hybridized carbons (Fsp3) is 0.927. The molecule has 0 aromatic rings. The van der Waals surface area contributed by atoms with Gasteiger partial charge in [0.15, 0.2) is 31.3 Å². The second kappa shape index (κ2) is 22.6. The Bertz CT molecular complexity index is 2250. The van der Waals surface area contributed by atoms with Crippen molar-refractivity contribution in [1.29, 1.82) is 0 Å². The molecule has 14 N–H and O–H groups in total. The monoisotopic (exact) mass is 1150 g/mol. The predicted octanol–water partition coefficient (Wildman–Crippen LogP) is -2.32. The average Bonchev–Trinajstić information content (AvgIpc) is 3.38. The highest BCUT2D eigenvalue weighted by atomic mass is 16.8. The van der Waals surface area contributed by atoms with Crippen LogP contribution >= 0.6 is 0 Å². The Morgan fingerprint density at radius 3 is 1.76 bits per heavy atom. The van der Waals surface area contributed by atoms with Gasteiger partial charge in [0, 0.05) is 6.92 Å². The lowest BCUT2D eigenvalue weighted by Gasteiger charge is -2.72. The molecule has 5 aliphatic carbocycles. The molecule has 29 atom stereocenters. The number of aliphatic carboxylic acids is 1. The van der Waals surface area contributed by atoms with E-state index in [0.717, 1.165) is 6.42 Å². The van der Waals surface area contributed by atoms with E-state index >= 15 is 0 Å². The minimum Gasteiger partial charge on any atom is -0.479 e. The van der Waals surface area contributed by atoms with E-state index in [2.05, 4.69) is 40.7 Å². The van der Waals surface area contributed by atoms with Gasteiger partial charge >= 0.3 is 11.9 Å². The molecule has 0 spiro atoms. The van der Waals surface area contributed by atoms with Gasteiger partial charge in [0.25, 0.3) is 0 Å². The number of carbonyl (C=O) groups excluding carboxylic acids is 1. The molecule has 9 rings (SSSR count). The third-order valence-electron chi connectivity index (χ3n) is 21.4. The zero-order valence-electron chi connectivity index (χ0n) is 46.7. The number of aliphatic hydroxyl groups is 13. The van der Waals surface area contributed by atoms with Crippen molar-refractivity contribution >= 4 is 11.9 Å². The SMILES string of the molecule is CC(=O)O[C@H]1CC(C)(C)C[C@H]2C3=CC[C@@H]4[C@@]5(C)CC[C@H](O[C@@H]6O[C@H](C(=O)O)[C@@H](O)[C@H](O[C@@H]7OC[C@@H](O)[C@H](O)[C@H]7O[C@@H]7O[C@H](CO)[C@@H](O)[C@H](O)[C@H]7O)[C@H]6O[C@@H]6O[C@H](CO)[C@H](O)[C@H](O)[C@H]6O)C(C)(C)[C@@H]5CC[C@@]4(C)[C@]3(C)C[C@@H](O)[C@@]12CO. The normalized spacial score (nSPS) is 52.8. The number of ether oxygens (including phenoxy) is 9. The van der Waals surface area contributed by atoms with Crippen molar-refractivity contribution in [2.45, 2.75) is 242 Å². The number of aliphatic hydroxyl groups excluding tert-OH is 13. The van der Waals surface area contributed by atoms with Gasteiger partial charge in [-0.25, -0.2) is 4.79 Å². The quantitative estimate of drug-likeness (QED) is 0.0523. The van der Waals surface area contributed by atoms with Gasteiger partial charge in [-0.2, -0.15) is 0 Å². The first kappa shape index (κ1) is 62.4. The fourth-order valence-electron chi connectivity index (χ4n) is 16.9.